The molecule has 0 aliphatic carbocycles. The zero-order valence-corrected chi connectivity index (χ0v) is 12.0. The summed E-state index contributed by atoms with van der Waals surface area (Å²) in [6, 6.07) is -0.373. The number of alkyl halides is 1. The first-order valence-electron chi connectivity index (χ1n) is 5.40. The fraction of sp³-hybridized carbons (Fsp3) is 0.900. The van der Waals surface area contributed by atoms with Crippen LogP contribution in [-0.2, 0) is 14.1 Å². The van der Waals surface area contributed by atoms with Gasteiger partial charge in [-0.05, 0) is 33.9 Å². The molecule has 0 spiro atoms. The van der Waals surface area contributed by atoms with E-state index < -0.39 is 8.30 Å². The normalized spacial score (nSPS) is 14.9. The standard InChI is InChI=1S/C10H21ClNO3P/c1-5-14-16(4)12-9(6-7-11)10(13)15-8(2)3/h8-9,12H,5-7H2,1-4H3. The first-order valence-corrected chi connectivity index (χ1v) is 7.64. The highest BCUT2D eigenvalue weighted by Gasteiger charge is 2.22. The summed E-state index contributed by atoms with van der Waals surface area (Å²) in [5.74, 6) is 0.157. The molecule has 0 fully saturated rings. The van der Waals surface area contributed by atoms with Gasteiger partial charge in [0.05, 0.1) is 14.4 Å². The van der Waals surface area contributed by atoms with Crippen LogP contribution >= 0.6 is 19.9 Å². The minimum atomic E-state index is -0.798. The van der Waals surface area contributed by atoms with Gasteiger partial charge in [0.25, 0.3) is 0 Å². The Labute approximate surface area is 104 Å². The molecule has 0 heterocycles. The van der Waals surface area contributed by atoms with E-state index in [4.69, 9.17) is 20.9 Å². The molecule has 0 saturated heterocycles. The smallest absolute Gasteiger partial charge is 0.323 e. The van der Waals surface area contributed by atoms with Crippen molar-refractivity contribution >= 4 is 25.9 Å². The van der Waals surface area contributed by atoms with Crippen molar-refractivity contribution < 1.29 is 14.1 Å². The van der Waals surface area contributed by atoms with E-state index in [1.54, 1.807) is 0 Å². The molecule has 16 heavy (non-hydrogen) atoms. The Bertz CT molecular complexity index is 205. The van der Waals surface area contributed by atoms with Crippen molar-refractivity contribution in [2.24, 2.45) is 0 Å². The molecule has 4 nitrogen and oxygen atoms in total. The molecule has 0 aromatic rings. The van der Waals surface area contributed by atoms with Gasteiger partial charge >= 0.3 is 5.97 Å². The van der Waals surface area contributed by atoms with Crippen molar-refractivity contribution in [2.75, 3.05) is 19.2 Å². The van der Waals surface area contributed by atoms with Crippen LogP contribution in [0.1, 0.15) is 27.2 Å². The predicted molar refractivity (Wildman–Crippen MR) is 68.0 cm³/mol. The second kappa shape index (κ2) is 9.17. The minimum Gasteiger partial charge on any atom is -0.462 e. The summed E-state index contributed by atoms with van der Waals surface area (Å²) in [4.78, 5) is 11.7. The van der Waals surface area contributed by atoms with Gasteiger partial charge in [0.1, 0.15) is 6.04 Å². The number of nitrogens with one attached hydrogen (secondary N) is 1. The number of carbonyl (C=O) groups is 1. The lowest BCUT2D eigenvalue weighted by molar-refractivity contribution is -0.149. The lowest BCUT2D eigenvalue weighted by Gasteiger charge is -2.21. The molecule has 0 aromatic carbocycles. The summed E-state index contributed by atoms with van der Waals surface area (Å²) in [7, 11) is -0.798. The maximum absolute atomic E-state index is 11.7. The topological polar surface area (TPSA) is 47.6 Å². The maximum atomic E-state index is 11.7. The van der Waals surface area contributed by atoms with Gasteiger partial charge in [-0.25, -0.2) is 0 Å². The molecule has 2 unspecified atom stereocenters. The molecule has 1 N–H and O–H groups in total. The largest absolute Gasteiger partial charge is 0.462 e. The highest BCUT2D eigenvalue weighted by molar-refractivity contribution is 7.49. The molecule has 0 bridgehead atoms. The number of hydrogen-bond acceptors (Lipinski definition) is 4. The van der Waals surface area contributed by atoms with Gasteiger partial charge in [-0.3, -0.25) is 9.88 Å². The number of hydrogen-bond donors (Lipinski definition) is 1. The average Bonchev–Trinajstić information content (AvgIpc) is 2.16. The van der Waals surface area contributed by atoms with E-state index in [1.165, 1.54) is 0 Å². The van der Waals surface area contributed by atoms with Crippen LogP contribution in [0, 0.1) is 0 Å². The van der Waals surface area contributed by atoms with Gasteiger partial charge in [0, 0.05) is 12.5 Å². The van der Waals surface area contributed by atoms with Crippen LogP contribution in [0.5, 0.6) is 0 Å². The van der Waals surface area contributed by atoms with Crippen LogP contribution in [-0.4, -0.2) is 37.3 Å². The average molecular weight is 270 g/mol. The molecule has 0 aliphatic heterocycles. The Kier molecular flexibility index (Phi) is 9.24. The number of esters is 1. The van der Waals surface area contributed by atoms with E-state index in [9.17, 15) is 4.79 Å². The number of rotatable bonds is 8. The number of halogens is 1. The van der Waals surface area contributed by atoms with Crippen molar-refractivity contribution in [3.63, 3.8) is 0 Å². The van der Waals surface area contributed by atoms with E-state index >= 15 is 0 Å². The Morgan fingerprint density at radius 3 is 2.56 bits per heavy atom. The lowest BCUT2D eigenvalue weighted by atomic mass is 10.2. The first-order chi connectivity index (χ1) is 7.51. The van der Waals surface area contributed by atoms with E-state index in [2.05, 4.69) is 5.09 Å². The Morgan fingerprint density at radius 2 is 2.12 bits per heavy atom. The van der Waals surface area contributed by atoms with E-state index in [0.29, 0.717) is 18.9 Å². The zero-order valence-electron chi connectivity index (χ0n) is 10.3. The van der Waals surface area contributed by atoms with Crippen molar-refractivity contribution in [1.82, 2.24) is 5.09 Å². The van der Waals surface area contributed by atoms with Crippen LogP contribution in [0.3, 0.4) is 0 Å². The van der Waals surface area contributed by atoms with Gasteiger partial charge in [0.2, 0.25) is 0 Å². The molecule has 96 valence electrons. The molecule has 0 radical (unpaired) electrons. The van der Waals surface area contributed by atoms with Crippen molar-refractivity contribution in [3.05, 3.63) is 0 Å². The van der Waals surface area contributed by atoms with Crippen LogP contribution < -0.4 is 5.09 Å². The van der Waals surface area contributed by atoms with Crippen LogP contribution in [0.2, 0.25) is 0 Å². The third-order valence-corrected chi connectivity index (χ3v) is 3.23. The first kappa shape index (κ1) is 16.1. The molecule has 0 rings (SSSR count). The molecule has 0 aliphatic rings. The molecule has 6 heteroatoms. The summed E-state index contributed by atoms with van der Waals surface area (Å²) >= 11 is 5.66. The van der Waals surface area contributed by atoms with E-state index in [-0.39, 0.29) is 18.1 Å². The number of carbonyl (C=O) groups excluding carboxylic acids is 1. The second-order valence-electron chi connectivity index (χ2n) is 3.56. The summed E-state index contributed by atoms with van der Waals surface area (Å²) in [6.45, 7) is 8.12. The Balaban J connectivity index is 4.19. The fourth-order valence-electron chi connectivity index (χ4n) is 1.11. The van der Waals surface area contributed by atoms with Gasteiger partial charge in [-0.1, -0.05) is 0 Å². The van der Waals surface area contributed by atoms with Crippen LogP contribution in [0.25, 0.3) is 0 Å². The summed E-state index contributed by atoms with van der Waals surface area (Å²) in [6.07, 6.45) is 0.439. The molecular formula is C10H21ClNO3P. The van der Waals surface area contributed by atoms with Crippen molar-refractivity contribution in [2.45, 2.75) is 39.3 Å². The molecule has 0 aromatic heterocycles. The highest BCUT2D eigenvalue weighted by atomic mass is 35.5. The lowest BCUT2D eigenvalue weighted by Crippen LogP contribution is -2.36. The third-order valence-electron chi connectivity index (χ3n) is 1.69. The van der Waals surface area contributed by atoms with Gasteiger partial charge in [-0.15, -0.1) is 11.6 Å². The summed E-state index contributed by atoms with van der Waals surface area (Å²) < 4.78 is 10.5. The summed E-state index contributed by atoms with van der Waals surface area (Å²) in [5.41, 5.74) is 0. The Morgan fingerprint density at radius 1 is 1.50 bits per heavy atom. The zero-order chi connectivity index (χ0) is 12.6. The maximum Gasteiger partial charge on any atom is 0.323 e. The van der Waals surface area contributed by atoms with Crippen LogP contribution in [0.4, 0.5) is 0 Å². The highest BCUT2D eigenvalue weighted by Crippen LogP contribution is 2.27. The fourth-order valence-corrected chi connectivity index (χ4v) is 2.46. The van der Waals surface area contributed by atoms with Crippen LogP contribution in [0.15, 0.2) is 0 Å². The monoisotopic (exact) mass is 269 g/mol. The van der Waals surface area contributed by atoms with Gasteiger partial charge < -0.3 is 9.26 Å². The van der Waals surface area contributed by atoms with Crippen molar-refractivity contribution in [1.29, 1.82) is 0 Å². The van der Waals surface area contributed by atoms with E-state index in [1.807, 2.05) is 27.4 Å². The third kappa shape index (κ3) is 7.39. The van der Waals surface area contributed by atoms with Gasteiger partial charge in [0.15, 0.2) is 0 Å². The number of ether oxygens (including phenoxy) is 1. The quantitative estimate of drug-likeness (QED) is 0.418. The molecule has 2 atom stereocenters. The molecule has 0 saturated carbocycles. The predicted octanol–water partition coefficient (Wildman–Crippen LogP) is 2.50. The van der Waals surface area contributed by atoms with Crippen molar-refractivity contribution in [3.8, 4) is 0 Å². The summed E-state index contributed by atoms with van der Waals surface area (Å²) in [5, 5.41) is 3.11. The SMILES string of the molecule is CCOP(C)NC(CCCl)C(=O)OC(C)C. The Hall–Kier alpha value is 0.110. The van der Waals surface area contributed by atoms with E-state index in [0.717, 1.165) is 0 Å². The van der Waals surface area contributed by atoms with Gasteiger partial charge in [-0.2, -0.15) is 0 Å². The minimum absolute atomic E-state index is 0.109. The second-order valence-corrected chi connectivity index (χ2v) is 5.45. The molecular weight excluding hydrogens is 249 g/mol. The molecule has 0 amide bonds.